The number of hydrogen-bond acceptors (Lipinski definition) is 5. The van der Waals surface area contributed by atoms with Gasteiger partial charge in [0.05, 0.1) is 6.10 Å². The number of likely N-dealkylation sites (tertiary alicyclic amines) is 1. The summed E-state index contributed by atoms with van der Waals surface area (Å²) < 4.78 is 5.10. The van der Waals surface area contributed by atoms with Crippen molar-refractivity contribution in [3.8, 4) is 11.5 Å². The lowest BCUT2D eigenvalue weighted by molar-refractivity contribution is 0.0248. The number of piperidine rings is 1. The summed E-state index contributed by atoms with van der Waals surface area (Å²) in [6.07, 6.45) is 0.380. The Hall–Kier alpha value is -2.21. The molecule has 0 radical (unpaired) electrons. The van der Waals surface area contributed by atoms with Crippen molar-refractivity contribution in [2.24, 2.45) is 5.92 Å². The molecule has 1 N–H and O–H groups in total. The molecule has 116 valence electrons. The van der Waals surface area contributed by atoms with Gasteiger partial charge in [-0.05, 0) is 43.5 Å². The predicted molar refractivity (Wildman–Crippen MR) is 80.2 cm³/mol. The summed E-state index contributed by atoms with van der Waals surface area (Å²) in [5, 5.41) is 13.7. The molecule has 1 aliphatic rings. The molecule has 1 aliphatic heterocycles. The van der Waals surface area contributed by atoms with Crippen LogP contribution in [0.25, 0.3) is 11.5 Å². The van der Waals surface area contributed by atoms with Gasteiger partial charge in [0.15, 0.2) is 5.82 Å². The number of nitrogens with zero attached hydrogens (tertiary/aromatic N) is 3. The lowest BCUT2D eigenvalue weighted by atomic mass is 9.95. The Balaban J connectivity index is 1.74. The first-order valence-electron chi connectivity index (χ1n) is 7.42. The SMILES string of the molecule is Cc1noc(-c2ccc(C(=O)N3CCC(C)C(O)C3)cc2)n1. The minimum absolute atomic E-state index is 0.0563. The topological polar surface area (TPSA) is 79.5 Å². The van der Waals surface area contributed by atoms with Gasteiger partial charge < -0.3 is 14.5 Å². The van der Waals surface area contributed by atoms with Gasteiger partial charge in [-0.25, -0.2) is 0 Å². The average Bonchev–Trinajstić information content (AvgIpc) is 2.96. The predicted octanol–water partition coefficient (Wildman–Crippen LogP) is 1.89. The molecule has 22 heavy (non-hydrogen) atoms. The molecule has 1 saturated heterocycles. The number of aliphatic hydroxyl groups is 1. The van der Waals surface area contributed by atoms with E-state index < -0.39 is 6.10 Å². The fourth-order valence-corrected chi connectivity index (χ4v) is 2.59. The van der Waals surface area contributed by atoms with Gasteiger partial charge in [-0.3, -0.25) is 4.79 Å². The van der Waals surface area contributed by atoms with E-state index in [0.29, 0.717) is 30.4 Å². The maximum Gasteiger partial charge on any atom is 0.257 e. The summed E-state index contributed by atoms with van der Waals surface area (Å²) >= 11 is 0. The van der Waals surface area contributed by atoms with Gasteiger partial charge in [0.2, 0.25) is 0 Å². The zero-order valence-electron chi connectivity index (χ0n) is 12.7. The average molecular weight is 301 g/mol. The molecule has 6 nitrogen and oxygen atoms in total. The van der Waals surface area contributed by atoms with Crippen LogP contribution >= 0.6 is 0 Å². The summed E-state index contributed by atoms with van der Waals surface area (Å²) in [6, 6.07) is 7.09. The first kappa shape index (κ1) is 14.7. The molecule has 1 aromatic heterocycles. The van der Waals surface area contributed by atoms with Crippen LogP contribution in [0.4, 0.5) is 0 Å². The van der Waals surface area contributed by atoms with Crippen LogP contribution in [0.5, 0.6) is 0 Å². The third-order valence-corrected chi connectivity index (χ3v) is 4.11. The minimum Gasteiger partial charge on any atom is -0.391 e. The third kappa shape index (κ3) is 2.87. The molecule has 1 aromatic carbocycles. The van der Waals surface area contributed by atoms with Gasteiger partial charge in [-0.15, -0.1) is 0 Å². The molecule has 0 spiro atoms. The van der Waals surface area contributed by atoms with Crippen LogP contribution in [0, 0.1) is 12.8 Å². The summed E-state index contributed by atoms with van der Waals surface area (Å²) in [7, 11) is 0. The van der Waals surface area contributed by atoms with E-state index in [1.807, 2.05) is 6.92 Å². The highest BCUT2D eigenvalue weighted by molar-refractivity contribution is 5.94. The second kappa shape index (κ2) is 5.88. The fourth-order valence-electron chi connectivity index (χ4n) is 2.59. The summed E-state index contributed by atoms with van der Waals surface area (Å²) in [5.41, 5.74) is 1.38. The Morgan fingerprint density at radius 3 is 2.68 bits per heavy atom. The Kier molecular flexibility index (Phi) is 3.94. The number of aryl methyl sites for hydroxylation is 1. The second-order valence-corrected chi connectivity index (χ2v) is 5.81. The molecule has 0 aliphatic carbocycles. The van der Waals surface area contributed by atoms with Gasteiger partial charge in [0.25, 0.3) is 11.8 Å². The van der Waals surface area contributed by atoms with Gasteiger partial charge in [0.1, 0.15) is 0 Å². The van der Waals surface area contributed by atoms with Gasteiger partial charge in [-0.2, -0.15) is 4.98 Å². The Morgan fingerprint density at radius 1 is 1.36 bits per heavy atom. The molecule has 2 aromatic rings. The van der Waals surface area contributed by atoms with E-state index in [4.69, 9.17) is 4.52 Å². The number of benzene rings is 1. The van der Waals surface area contributed by atoms with Crippen molar-refractivity contribution in [2.75, 3.05) is 13.1 Å². The number of carbonyl (C=O) groups is 1. The highest BCUT2D eigenvalue weighted by atomic mass is 16.5. The van der Waals surface area contributed by atoms with Crippen molar-refractivity contribution in [3.05, 3.63) is 35.7 Å². The standard InChI is InChI=1S/C16H19N3O3/c1-10-7-8-19(9-14(10)20)16(21)13-5-3-12(4-6-13)15-17-11(2)18-22-15/h3-6,10,14,20H,7-9H2,1-2H3. The zero-order chi connectivity index (χ0) is 15.7. The number of β-amino-alcohol motifs (C(OH)–C–C–N with tert-alkyl or cyclic N) is 1. The van der Waals surface area contributed by atoms with Crippen LogP contribution < -0.4 is 0 Å². The van der Waals surface area contributed by atoms with Gasteiger partial charge >= 0.3 is 0 Å². The number of hydrogen-bond donors (Lipinski definition) is 1. The van der Waals surface area contributed by atoms with Crippen LogP contribution in [0.3, 0.4) is 0 Å². The largest absolute Gasteiger partial charge is 0.391 e. The normalized spacial score (nSPS) is 21.9. The molecular weight excluding hydrogens is 282 g/mol. The van der Waals surface area contributed by atoms with E-state index >= 15 is 0 Å². The van der Waals surface area contributed by atoms with E-state index in [1.54, 1.807) is 36.1 Å². The van der Waals surface area contributed by atoms with E-state index in [-0.39, 0.29) is 11.8 Å². The molecule has 2 heterocycles. The van der Waals surface area contributed by atoms with Crippen LogP contribution in [-0.2, 0) is 0 Å². The molecule has 0 saturated carbocycles. The van der Waals surface area contributed by atoms with E-state index in [1.165, 1.54) is 0 Å². The molecule has 6 heteroatoms. The van der Waals surface area contributed by atoms with E-state index in [2.05, 4.69) is 10.1 Å². The molecular formula is C16H19N3O3. The van der Waals surface area contributed by atoms with Crippen molar-refractivity contribution in [2.45, 2.75) is 26.4 Å². The highest BCUT2D eigenvalue weighted by Gasteiger charge is 2.27. The fraction of sp³-hybridized carbons (Fsp3) is 0.438. The monoisotopic (exact) mass is 301 g/mol. The summed E-state index contributed by atoms with van der Waals surface area (Å²) in [6.45, 7) is 4.84. The Morgan fingerprint density at radius 2 is 2.09 bits per heavy atom. The molecule has 0 bridgehead atoms. The van der Waals surface area contributed by atoms with E-state index in [0.717, 1.165) is 12.0 Å². The van der Waals surface area contributed by atoms with Gasteiger partial charge in [-0.1, -0.05) is 12.1 Å². The van der Waals surface area contributed by atoms with Crippen LogP contribution in [0.15, 0.2) is 28.8 Å². The Bertz CT molecular complexity index is 666. The van der Waals surface area contributed by atoms with Crippen molar-refractivity contribution in [1.82, 2.24) is 15.0 Å². The number of rotatable bonds is 2. The first-order valence-corrected chi connectivity index (χ1v) is 7.42. The molecule has 2 atom stereocenters. The van der Waals surface area contributed by atoms with E-state index in [9.17, 15) is 9.90 Å². The maximum atomic E-state index is 12.5. The number of carbonyl (C=O) groups excluding carboxylic acids is 1. The minimum atomic E-state index is -0.446. The van der Waals surface area contributed by atoms with Crippen molar-refractivity contribution < 1.29 is 14.4 Å². The highest BCUT2D eigenvalue weighted by Crippen LogP contribution is 2.21. The van der Waals surface area contributed by atoms with Crippen LogP contribution in [0.1, 0.15) is 29.5 Å². The lowest BCUT2D eigenvalue weighted by Crippen LogP contribution is -2.45. The molecule has 1 amide bonds. The second-order valence-electron chi connectivity index (χ2n) is 5.81. The molecule has 2 unspecified atom stereocenters. The Labute approximate surface area is 128 Å². The number of aliphatic hydroxyl groups excluding tert-OH is 1. The van der Waals surface area contributed by atoms with Crippen molar-refractivity contribution in [3.63, 3.8) is 0 Å². The summed E-state index contributed by atoms with van der Waals surface area (Å²) in [4.78, 5) is 18.3. The summed E-state index contributed by atoms with van der Waals surface area (Å²) in [5.74, 6) is 1.21. The quantitative estimate of drug-likeness (QED) is 0.916. The number of aromatic nitrogens is 2. The van der Waals surface area contributed by atoms with Crippen LogP contribution in [0.2, 0.25) is 0 Å². The van der Waals surface area contributed by atoms with Crippen LogP contribution in [-0.4, -0.2) is 45.2 Å². The maximum absolute atomic E-state index is 12.5. The smallest absolute Gasteiger partial charge is 0.257 e. The first-order chi connectivity index (χ1) is 10.5. The van der Waals surface area contributed by atoms with Crippen molar-refractivity contribution >= 4 is 5.91 Å². The van der Waals surface area contributed by atoms with Crippen molar-refractivity contribution in [1.29, 1.82) is 0 Å². The molecule has 1 fully saturated rings. The zero-order valence-corrected chi connectivity index (χ0v) is 12.7. The molecule has 3 rings (SSSR count). The third-order valence-electron chi connectivity index (χ3n) is 4.11. The number of amides is 1. The van der Waals surface area contributed by atoms with Gasteiger partial charge in [0, 0.05) is 24.2 Å². The lowest BCUT2D eigenvalue weighted by Gasteiger charge is -2.34.